The molecule has 0 heterocycles. The fraction of sp³-hybridized carbons (Fsp3) is 0.667. The maximum atomic E-state index is 6.34. The molecule has 1 aromatic carbocycles. The van der Waals surface area contributed by atoms with E-state index in [9.17, 15) is 0 Å². The molecule has 0 spiro atoms. The Bertz CT molecular complexity index is 425. The summed E-state index contributed by atoms with van der Waals surface area (Å²) >= 11 is 0. The van der Waals surface area contributed by atoms with Gasteiger partial charge in [0.1, 0.15) is 0 Å². The first-order chi connectivity index (χ1) is 10.2. The van der Waals surface area contributed by atoms with E-state index >= 15 is 0 Å². The van der Waals surface area contributed by atoms with Crippen LogP contribution in [0.2, 0.25) is 0 Å². The summed E-state index contributed by atoms with van der Waals surface area (Å²) in [5.74, 6) is 1.82. The van der Waals surface area contributed by atoms with Gasteiger partial charge in [0.2, 0.25) is 0 Å². The van der Waals surface area contributed by atoms with Gasteiger partial charge in [-0.15, -0.1) is 0 Å². The molecule has 0 saturated heterocycles. The lowest BCUT2D eigenvalue weighted by molar-refractivity contribution is 0.146. The van der Waals surface area contributed by atoms with Crippen LogP contribution in [-0.2, 0) is 6.54 Å². The van der Waals surface area contributed by atoms with Crippen molar-refractivity contribution >= 4 is 0 Å². The molecule has 0 unspecified atom stereocenters. The van der Waals surface area contributed by atoms with Crippen LogP contribution in [-0.4, -0.2) is 18.8 Å². The molecule has 118 valence electrons. The van der Waals surface area contributed by atoms with Crippen molar-refractivity contribution in [2.45, 2.75) is 71.6 Å². The third-order valence-corrected chi connectivity index (χ3v) is 3.90. The predicted octanol–water partition coefficient (Wildman–Crippen LogP) is 4.29. The van der Waals surface area contributed by atoms with Gasteiger partial charge in [-0.3, -0.25) is 0 Å². The van der Waals surface area contributed by atoms with E-state index in [4.69, 9.17) is 9.47 Å². The summed E-state index contributed by atoms with van der Waals surface area (Å²) in [7, 11) is 0. The number of hydrogen-bond donors (Lipinski definition) is 1. The van der Waals surface area contributed by atoms with E-state index in [2.05, 4.69) is 31.3 Å². The highest BCUT2D eigenvalue weighted by Gasteiger charge is 2.19. The van der Waals surface area contributed by atoms with Crippen LogP contribution in [0.4, 0.5) is 0 Å². The molecule has 1 aliphatic carbocycles. The molecule has 1 N–H and O–H groups in total. The molecule has 1 aliphatic rings. The van der Waals surface area contributed by atoms with Crippen molar-refractivity contribution in [2.75, 3.05) is 6.61 Å². The molecule has 1 fully saturated rings. The highest BCUT2D eigenvalue weighted by molar-refractivity contribution is 5.46. The van der Waals surface area contributed by atoms with Gasteiger partial charge >= 0.3 is 0 Å². The average molecular weight is 291 g/mol. The second kappa shape index (κ2) is 8.28. The van der Waals surface area contributed by atoms with Crippen LogP contribution in [0.15, 0.2) is 18.2 Å². The molecule has 3 heteroatoms. The van der Waals surface area contributed by atoms with Crippen molar-refractivity contribution < 1.29 is 9.47 Å². The molecule has 1 saturated carbocycles. The second-order valence-corrected chi connectivity index (χ2v) is 6.09. The summed E-state index contributed by atoms with van der Waals surface area (Å²) in [6, 6.07) is 6.66. The number of rotatable bonds is 7. The topological polar surface area (TPSA) is 30.5 Å². The Morgan fingerprint density at radius 1 is 1.19 bits per heavy atom. The Morgan fingerprint density at radius 2 is 1.95 bits per heavy atom. The molecule has 21 heavy (non-hydrogen) atoms. The van der Waals surface area contributed by atoms with E-state index in [-0.39, 0.29) is 0 Å². The smallest absolute Gasteiger partial charge is 0.166 e. The maximum absolute atomic E-state index is 6.34. The zero-order valence-corrected chi connectivity index (χ0v) is 13.7. The lowest BCUT2D eigenvalue weighted by atomic mass is 9.97. The summed E-state index contributed by atoms with van der Waals surface area (Å²) in [6.45, 7) is 7.83. The quantitative estimate of drug-likeness (QED) is 0.812. The van der Waals surface area contributed by atoms with Crippen LogP contribution in [0.25, 0.3) is 0 Å². The molecule has 0 bridgehead atoms. The summed E-state index contributed by atoms with van der Waals surface area (Å²) in [5, 5.41) is 3.47. The van der Waals surface area contributed by atoms with E-state index in [1.54, 1.807) is 0 Å². The third-order valence-electron chi connectivity index (χ3n) is 3.90. The zero-order valence-electron chi connectivity index (χ0n) is 13.7. The van der Waals surface area contributed by atoms with Gasteiger partial charge in [-0.1, -0.05) is 32.4 Å². The van der Waals surface area contributed by atoms with Crippen molar-refractivity contribution in [3.63, 3.8) is 0 Å². The molecule has 0 radical (unpaired) electrons. The second-order valence-electron chi connectivity index (χ2n) is 6.09. The Kier molecular flexibility index (Phi) is 6.37. The van der Waals surface area contributed by atoms with Crippen molar-refractivity contribution in [1.82, 2.24) is 5.32 Å². The first-order valence-corrected chi connectivity index (χ1v) is 8.35. The standard InChI is InChI=1S/C18H29NO2/c1-4-20-17-12-8-9-15(13-19-14(2)3)18(17)21-16-10-6-5-7-11-16/h8-9,12,14,16,19H,4-7,10-11,13H2,1-3H3. The minimum absolute atomic E-state index is 0.346. The van der Waals surface area contributed by atoms with Crippen LogP contribution in [0.1, 0.15) is 58.4 Å². The minimum atomic E-state index is 0.346. The SMILES string of the molecule is CCOc1cccc(CNC(C)C)c1OC1CCCCC1. The van der Waals surface area contributed by atoms with E-state index in [1.165, 1.54) is 24.8 Å². The van der Waals surface area contributed by atoms with E-state index < -0.39 is 0 Å². The van der Waals surface area contributed by atoms with Crippen LogP contribution >= 0.6 is 0 Å². The molecule has 0 atom stereocenters. The number of benzene rings is 1. The molecular formula is C18H29NO2. The molecule has 2 rings (SSSR count). The Morgan fingerprint density at radius 3 is 2.62 bits per heavy atom. The van der Waals surface area contributed by atoms with Crippen molar-refractivity contribution in [3.05, 3.63) is 23.8 Å². The van der Waals surface area contributed by atoms with Crippen LogP contribution in [0.3, 0.4) is 0 Å². The molecule has 0 amide bonds. The Balaban J connectivity index is 2.15. The number of para-hydroxylation sites is 1. The number of ether oxygens (including phenoxy) is 2. The van der Waals surface area contributed by atoms with Crippen molar-refractivity contribution in [2.24, 2.45) is 0 Å². The predicted molar refractivity (Wildman–Crippen MR) is 87.1 cm³/mol. The van der Waals surface area contributed by atoms with E-state index in [1.807, 2.05) is 13.0 Å². The average Bonchev–Trinajstić information content (AvgIpc) is 2.49. The fourth-order valence-corrected chi connectivity index (χ4v) is 2.77. The Hall–Kier alpha value is -1.22. The number of nitrogens with one attached hydrogen (secondary N) is 1. The summed E-state index contributed by atoms with van der Waals surface area (Å²) < 4.78 is 12.1. The van der Waals surface area contributed by atoms with Crippen LogP contribution < -0.4 is 14.8 Å². The van der Waals surface area contributed by atoms with Gasteiger partial charge < -0.3 is 14.8 Å². The van der Waals surface area contributed by atoms with Crippen LogP contribution in [0, 0.1) is 0 Å². The first-order valence-electron chi connectivity index (χ1n) is 8.35. The highest BCUT2D eigenvalue weighted by Crippen LogP contribution is 2.34. The Labute approximate surface area is 129 Å². The van der Waals surface area contributed by atoms with Gasteiger partial charge in [0.05, 0.1) is 12.7 Å². The van der Waals surface area contributed by atoms with Gasteiger partial charge in [-0.2, -0.15) is 0 Å². The minimum Gasteiger partial charge on any atom is -0.490 e. The summed E-state index contributed by atoms with van der Waals surface area (Å²) in [4.78, 5) is 0. The lowest BCUT2D eigenvalue weighted by Crippen LogP contribution is -2.24. The van der Waals surface area contributed by atoms with Crippen molar-refractivity contribution in [3.8, 4) is 11.5 Å². The molecule has 1 aromatic rings. The van der Waals surface area contributed by atoms with Gasteiger partial charge in [-0.05, 0) is 38.7 Å². The zero-order chi connectivity index (χ0) is 15.1. The van der Waals surface area contributed by atoms with E-state index in [0.29, 0.717) is 18.8 Å². The van der Waals surface area contributed by atoms with E-state index in [0.717, 1.165) is 30.9 Å². The summed E-state index contributed by atoms with van der Waals surface area (Å²) in [5.41, 5.74) is 1.19. The first kappa shape index (κ1) is 16.2. The van der Waals surface area contributed by atoms with Crippen molar-refractivity contribution in [1.29, 1.82) is 0 Å². The fourth-order valence-electron chi connectivity index (χ4n) is 2.77. The number of hydrogen-bond acceptors (Lipinski definition) is 3. The molecule has 3 nitrogen and oxygen atoms in total. The van der Waals surface area contributed by atoms with Gasteiger partial charge in [0.15, 0.2) is 11.5 Å². The molecular weight excluding hydrogens is 262 g/mol. The normalized spacial score (nSPS) is 16.2. The third kappa shape index (κ3) is 4.92. The van der Waals surface area contributed by atoms with Gasteiger partial charge in [-0.25, -0.2) is 0 Å². The monoisotopic (exact) mass is 291 g/mol. The highest BCUT2D eigenvalue weighted by atomic mass is 16.5. The van der Waals surface area contributed by atoms with Gasteiger partial charge in [0, 0.05) is 18.2 Å². The maximum Gasteiger partial charge on any atom is 0.166 e. The lowest BCUT2D eigenvalue weighted by Gasteiger charge is -2.26. The largest absolute Gasteiger partial charge is 0.490 e. The molecule has 0 aromatic heterocycles. The summed E-state index contributed by atoms with van der Waals surface area (Å²) in [6.07, 6.45) is 6.57. The van der Waals surface area contributed by atoms with Gasteiger partial charge in [0.25, 0.3) is 0 Å². The molecule has 0 aliphatic heterocycles. The van der Waals surface area contributed by atoms with Crippen LogP contribution in [0.5, 0.6) is 11.5 Å².